The molecule has 8 heteroatoms. The molecule has 6 nitrogen and oxygen atoms in total. The Hall–Kier alpha value is -1.28. The van der Waals surface area contributed by atoms with Crippen LogP contribution in [0.25, 0.3) is 0 Å². The molecule has 2 aromatic heterocycles. The van der Waals surface area contributed by atoms with E-state index in [1.165, 1.54) is 11.3 Å². The van der Waals surface area contributed by atoms with Gasteiger partial charge in [-0.1, -0.05) is 11.3 Å². The van der Waals surface area contributed by atoms with Crippen molar-refractivity contribution in [1.29, 1.82) is 0 Å². The average molecular weight is 330 g/mol. The molecule has 0 unspecified atom stereocenters. The number of halogens is 1. The van der Waals surface area contributed by atoms with Crippen LogP contribution < -0.4 is 11.0 Å². The first-order valence-electron chi connectivity index (χ1n) is 5.26. The van der Waals surface area contributed by atoms with Crippen molar-refractivity contribution in [1.82, 2.24) is 19.7 Å². The highest BCUT2D eigenvalue weighted by Crippen LogP contribution is 2.19. The number of hydrogen-bond donors (Lipinski definition) is 1. The molecule has 0 atom stereocenters. The second kappa shape index (κ2) is 5.15. The summed E-state index contributed by atoms with van der Waals surface area (Å²) in [6.07, 6.45) is 0. The smallest absolute Gasteiger partial charge is 0.348 e. The Bertz CT molecular complexity index is 636. The molecule has 0 aromatic carbocycles. The van der Waals surface area contributed by atoms with Crippen LogP contribution >= 0.6 is 27.3 Å². The van der Waals surface area contributed by atoms with Gasteiger partial charge in [-0.05, 0) is 29.8 Å². The summed E-state index contributed by atoms with van der Waals surface area (Å²) < 4.78 is 2.43. The SMILES string of the molecule is CNc1nnc(Cn2c(C)c(Br)c(C)nc2=O)s1. The number of aromatic nitrogens is 4. The zero-order valence-electron chi connectivity index (χ0n) is 10.2. The van der Waals surface area contributed by atoms with Crippen LogP contribution in [0, 0.1) is 13.8 Å². The van der Waals surface area contributed by atoms with Crippen LogP contribution in [-0.2, 0) is 6.54 Å². The molecule has 0 saturated heterocycles. The first kappa shape index (κ1) is 13.2. The Morgan fingerprint density at radius 3 is 2.72 bits per heavy atom. The summed E-state index contributed by atoms with van der Waals surface area (Å²) in [4.78, 5) is 15.8. The summed E-state index contributed by atoms with van der Waals surface area (Å²) in [6, 6.07) is 0. The summed E-state index contributed by atoms with van der Waals surface area (Å²) in [5.74, 6) is 0. The molecular formula is C10H12BrN5OS. The normalized spacial score (nSPS) is 10.7. The maximum absolute atomic E-state index is 11.9. The van der Waals surface area contributed by atoms with E-state index in [2.05, 4.69) is 36.4 Å². The first-order chi connectivity index (χ1) is 8.52. The standard InChI is InChI=1S/C10H12BrN5OS/c1-5-8(11)6(2)16(10(17)13-5)4-7-14-15-9(12-3)18-7/h4H2,1-3H3,(H,12,15). The minimum Gasteiger partial charge on any atom is -0.363 e. The lowest BCUT2D eigenvalue weighted by Gasteiger charge is -2.10. The Kier molecular flexibility index (Phi) is 3.76. The summed E-state index contributed by atoms with van der Waals surface area (Å²) in [6.45, 7) is 4.06. The average Bonchev–Trinajstić information content (AvgIpc) is 2.80. The summed E-state index contributed by atoms with van der Waals surface area (Å²) in [7, 11) is 1.78. The molecule has 2 heterocycles. The van der Waals surface area contributed by atoms with Gasteiger partial charge in [0.15, 0.2) is 0 Å². The van der Waals surface area contributed by atoms with E-state index >= 15 is 0 Å². The number of nitrogens with one attached hydrogen (secondary N) is 1. The molecule has 0 spiro atoms. The summed E-state index contributed by atoms with van der Waals surface area (Å²) in [5, 5.41) is 12.4. The molecule has 96 valence electrons. The van der Waals surface area contributed by atoms with E-state index in [0.717, 1.165) is 20.3 Å². The lowest BCUT2D eigenvalue weighted by atomic mass is 10.3. The highest BCUT2D eigenvalue weighted by molar-refractivity contribution is 9.10. The lowest BCUT2D eigenvalue weighted by Crippen LogP contribution is -2.26. The highest BCUT2D eigenvalue weighted by Gasteiger charge is 2.11. The van der Waals surface area contributed by atoms with Crippen LogP contribution in [0.15, 0.2) is 9.27 Å². The van der Waals surface area contributed by atoms with Crippen molar-refractivity contribution >= 4 is 32.4 Å². The van der Waals surface area contributed by atoms with Crippen LogP contribution in [0.5, 0.6) is 0 Å². The Morgan fingerprint density at radius 1 is 1.39 bits per heavy atom. The zero-order valence-corrected chi connectivity index (χ0v) is 12.6. The fourth-order valence-electron chi connectivity index (χ4n) is 1.52. The van der Waals surface area contributed by atoms with Crippen molar-refractivity contribution in [2.45, 2.75) is 20.4 Å². The van der Waals surface area contributed by atoms with Crippen molar-refractivity contribution in [3.63, 3.8) is 0 Å². The molecule has 0 aliphatic heterocycles. The molecule has 0 saturated carbocycles. The van der Waals surface area contributed by atoms with E-state index in [4.69, 9.17) is 0 Å². The van der Waals surface area contributed by atoms with Crippen molar-refractivity contribution < 1.29 is 0 Å². The van der Waals surface area contributed by atoms with Gasteiger partial charge in [0.1, 0.15) is 5.01 Å². The van der Waals surface area contributed by atoms with E-state index in [-0.39, 0.29) is 5.69 Å². The number of hydrogen-bond acceptors (Lipinski definition) is 6. The summed E-state index contributed by atoms with van der Waals surface area (Å²) in [5.41, 5.74) is 1.27. The van der Waals surface area contributed by atoms with Gasteiger partial charge in [0.05, 0.1) is 16.7 Å². The maximum Gasteiger partial charge on any atom is 0.348 e. The second-order valence-electron chi connectivity index (χ2n) is 3.72. The summed E-state index contributed by atoms with van der Waals surface area (Å²) >= 11 is 4.85. The van der Waals surface area contributed by atoms with Crippen molar-refractivity contribution in [2.24, 2.45) is 0 Å². The van der Waals surface area contributed by atoms with Gasteiger partial charge in [-0.3, -0.25) is 4.57 Å². The van der Waals surface area contributed by atoms with Crippen molar-refractivity contribution in [2.75, 3.05) is 12.4 Å². The van der Waals surface area contributed by atoms with E-state index in [9.17, 15) is 4.79 Å². The molecule has 0 radical (unpaired) electrons. The van der Waals surface area contributed by atoms with E-state index < -0.39 is 0 Å². The first-order valence-corrected chi connectivity index (χ1v) is 6.87. The van der Waals surface area contributed by atoms with Gasteiger partial charge in [0.2, 0.25) is 5.13 Å². The quantitative estimate of drug-likeness (QED) is 0.925. The third-order valence-corrected chi connectivity index (χ3v) is 4.58. The molecule has 18 heavy (non-hydrogen) atoms. The molecule has 0 amide bonds. The van der Waals surface area contributed by atoms with Gasteiger partial charge in [-0.15, -0.1) is 10.2 Å². The predicted octanol–water partition coefficient (Wildman–Crippen LogP) is 1.56. The van der Waals surface area contributed by atoms with Gasteiger partial charge in [0.25, 0.3) is 0 Å². The molecular weight excluding hydrogens is 318 g/mol. The highest BCUT2D eigenvalue weighted by atomic mass is 79.9. The molecule has 0 aliphatic rings. The molecule has 0 aliphatic carbocycles. The van der Waals surface area contributed by atoms with Gasteiger partial charge in [-0.25, -0.2) is 4.79 Å². The van der Waals surface area contributed by atoms with Gasteiger partial charge >= 0.3 is 5.69 Å². The Balaban J connectivity index is 2.40. The topological polar surface area (TPSA) is 72.7 Å². The van der Waals surface area contributed by atoms with Crippen LogP contribution in [0.2, 0.25) is 0 Å². The predicted molar refractivity (Wildman–Crippen MR) is 74.2 cm³/mol. The molecule has 2 rings (SSSR count). The molecule has 0 fully saturated rings. The van der Waals surface area contributed by atoms with E-state index in [1.807, 2.05) is 6.92 Å². The Morgan fingerprint density at radius 2 is 2.11 bits per heavy atom. The van der Waals surface area contributed by atoms with Crippen LogP contribution in [0.3, 0.4) is 0 Å². The van der Waals surface area contributed by atoms with Gasteiger partial charge < -0.3 is 5.32 Å². The number of anilines is 1. The van der Waals surface area contributed by atoms with Crippen molar-refractivity contribution in [3.8, 4) is 0 Å². The zero-order chi connectivity index (χ0) is 13.3. The number of rotatable bonds is 3. The Labute approximate surface area is 116 Å². The van der Waals surface area contributed by atoms with Crippen LogP contribution in [0.1, 0.15) is 16.4 Å². The van der Waals surface area contributed by atoms with Crippen LogP contribution in [0.4, 0.5) is 5.13 Å². The molecule has 1 N–H and O–H groups in total. The monoisotopic (exact) mass is 329 g/mol. The van der Waals surface area contributed by atoms with E-state index in [0.29, 0.717) is 12.2 Å². The largest absolute Gasteiger partial charge is 0.363 e. The molecule has 0 bridgehead atoms. The lowest BCUT2D eigenvalue weighted by molar-refractivity contribution is 0.680. The maximum atomic E-state index is 11.9. The number of aryl methyl sites for hydroxylation is 1. The third-order valence-electron chi connectivity index (χ3n) is 2.51. The van der Waals surface area contributed by atoms with Crippen molar-refractivity contribution in [3.05, 3.63) is 31.4 Å². The minimum absolute atomic E-state index is 0.269. The second-order valence-corrected chi connectivity index (χ2v) is 5.57. The third kappa shape index (κ3) is 2.44. The van der Waals surface area contributed by atoms with Gasteiger partial charge in [-0.2, -0.15) is 4.98 Å². The van der Waals surface area contributed by atoms with Gasteiger partial charge in [0, 0.05) is 12.7 Å². The van der Waals surface area contributed by atoms with E-state index in [1.54, 1.807) is 18.5 Å². The molecule has 2 aromatic rings. The fraction of sp³-hybridized carbons (Fsp3) is 0.400. The minimum atomic E-state index is -0.269. The number of nitrogens with zero attached hydrogens (tertiary/aromatic N) is 4. The fourth-order valence-corrected chi connectivity index (χ4v) is 2.50. The van der Waals surface area contributed by atoms with Crippen LogP contribution in [-0.4, -0.2) is 26.8 Å².